The molecule has 1 rings (SSSR count). The average Bonchev–Trinajstić information content (AvgIpc) is 2.51. The predicted molar refractivity (Wildman–Crippen MR) is 90.6 cm³/mol. The minimum absolute atomic E-state index is 0. The molecule has 0 fully saturated rings. The lowest BCUT2D eigenvalue weighted by Gasteiger charge is -2.19. The van der Waals surface area contributed by atoms with E-state index in [1.54, 1.807) is 20.8 Å². The Balaban J connectivity index is 0.00000529. The van der Waals surface area contributed by atoms with E-state index in [4.69, 9.17) is 5.73 Å². The molecule has 4 N–H and O–H groups in total. The van der Waals surface area contributed by atoms with E-state index in [-0.39, 0.29) is 30.4 Å². The first kappa shape index (κ1) is 22.3. The third-order valence-electron chi connectivity index (χ3n) is 3.52. The monoisotopic (exact) mass is 363 g/mol. The maximum absolute atomic E-state index is 13.8. The summed E-state index contributed by atoms with van der Waals surface area (Å²) >= 11 is 0. The summed E-state index contributed by atoms with van der Waals surface area (Å²) in [7, 11) is 0. The molecule has 0 bridgehead atoms. The van der Waals surface area contributed by atoms with E-state index in [2.05, 4.69) is 10.6 Å². The second kappa shape index (κ2) is 10.2. The normalized spacial score (nSPS) is 13.0. The van der Waals surface area contributed by atoms with Crippen molar-refractivity contribution in [1.82, 2.24) is 10.6 Å². The standard InChI is InChI=1S/C16H23F2N3O2.ClH/c1-4-13(11-7-10(17)5-6-12(11)18)21-14(22)8-20-16(23)15(19)9(2)3;/h5-7,9,13,15H,4,8,19H2,1-3H3,(H,20,23)(H,21,22);1H/t13?,15-;/m0./s1. The Bertz CT molecular complexity index is 570. The van der Waals surface area contributed by atoms with Crippen LogP contribution < -0.4 is 16.4 Å². The smallest absolute Gasteiger partial charge is 0.239 e. The lowest BCUT2D eigenvalue weighted by atomic mass is 10.0. The molecule has 1 unspecified atom stereocenters. The molecule has 0 radical (unpaired) electrons. The Morgan fingerprint density at radius 1 is 1.25 bits per heavy atom. The molecule has 0 aliphatic rings. The van der Waals surface area contributed by atoms with Crippen LogP contribution >= 0.6 is 12.4 Å². The van der Waals surface area contributed by atoms with E-state index < -0.39 is 35.5 Å². The molecule has 0 spiro atoms. The van der Waals surface area contributed by atoms with Gasteiger partial charge in [0, 0.05) is 5.56 Å². The Morgan fingerprint density at radius 2 is 1.88 bits per heavy atom. The van der Waals surface area contributed by atoms with Gasteiger partial charge in [0.25, 0.3) is 0 Å². The molecule has 0 saturated carbocycles. The first-order valence-electron chi connectivity index (χ1n) is 7.53. The molecular formula is C16H24ClF2N3O2. The molecule has 0 aliphatic heterocycles. The highest BCUT2D eigenvalue weighted by molar-refractivity contribution is 5.87. The van der Waals surface area contributed by atoms with E-state index in [0.29, 0.717) is 6.42 Å². The Morgan fingerprint density at radius 3 is 2.42 bits per heavy atom. The van der Waals surface area contributed by atoms with Crippen molar-refractivity contribution in [1.29, 1.82) is 0 Å². The minimum atomic E-state index is -0.703. The molecule has 0 saturated heterocycles. The van der Waals surface area contributed by atoms with Gasteiger partial charge in [0.1, 0.15) is 11.6 Å². The van der Waals surface area contributed by atoms with Crippen LogP contribution in [0, 0.1) is 17.6 Å². The van der Waals surface area contributed by atoms with Crippen LogP contribution in [0.2, 0.25) is 0 Å². The summed E-state index contributed by atoms with van der Waals surface area (Å²) in [5.74, 6) is -2.15. The molecule has 0 aliphatic carbocycles. The van der Waals surface area contributed by atoms with Gasteiger partial charge in [-0.3, -0.25) is 9.59 Å². The first-order valence-corrected chi connectivity index (χ1v) is 7.53. The third kappa shape index (κ3) is 6.41. The topological polar surface area (TPSA) is 84.2 Å². The van der Waals surface area contributed by atoms with Gasteiger partial charge in [-0.15, -0.1) is 12.4 Å². The molecule has 136 valence electrons. The molecule has 24 heavy (non-hydrogen) atoms. The van der Waals surface area contributed by atoms with Crippen LogP contribution in [0.25, 0.3) is 0 Å². The molecule has 8 heteroatoms. The van der Waals surface area contributed by atoms with Gasteiger partial charge in [0.2, 0.25) is 11.8 Å². The molecule has 5 nitrogen and oxygen atoms in total. The zero-order valence-corrected chi connectivity index (χ0v) is 14.8. The van der Waals surface area contributed by atoms with E-state index in [1.165, 1.54) is 0 Å². The van der Waals surface area contributed by atoms with Crippen molar-refractivity contribution in [3.8, 4) is 0 Å². The van der Waals surface area contributed by atoms with Gasteiger partial charge in [-0.25, -0.2) is 8.78 Å². The van der Waals surface area contributed by atoms with E-state index in [1.807, 2.05) is 0 Å². The zero-order chi connectivity index (χ0) is 17.6. The van der Waals surface area contributed by atoms with Crippen LogP contribution in [-0.2, 0) is 9.59 Å². The van der Waals surface area contributed by atoms with E-state index in [9.17, 15) is 18.4 Å². The fourth-order valence-electron chi connectivity index (χ4n) is 2.01. The van der Waals surface area contributed by atoms with Crippen LogP contribution in [0.3, 0.4) is 0 Å². The molecular weight excluding hydrogens is 340 g/mol. The fourth-order valence-corrected chi connectivity index (χ4v) is 2.01. The minimum Gasteiger partial charge on any atom is -0.348 e. The number of carbonyl (C=O) groups is 2. The summed E-state index contributed by atoms with van der Waals surface area (Å²) in [4.78, 5) is 23.6. The number of benzene rings is 1. The van der Waals surface area contributed by atoms with Crippen LogP contribution in [0.1, 0.15) is 38.8 Å². The van der Waals surface area contributed by atoms with Crippen LogP contribution in [0.5, 0.6) is 0 Å². The molecule has 2 atom stereocenters. The Kier molecular flexibility index (Phi) is 9.47. The SMILES string of the molecule is CCC(NC(=O)CNC(=O)[C@@H](N)C(C)C)c1cc(F)ccc1F.Cl. The maximum Gasteiger partial charge on any atom is 0.239 e. The van der Waals surface area contributed by atoms with Gasteiger partial charge >= 0.3 is 0 Å². The summed E-state index contributed by atoms with van der Waals surface area (Å²) in [6.07, 6.45) is 0.381. The summed E-state index contributed by atoms with van der Waals surface area (Å²) < 4.78 is 27.0. The number of rotatable bonds is 7. The van der Waals surface area contributed by atoms with Crippen LogP contribution in [0.4, 0.5) is 8.78 Å². The summed E-state index contributed by atoms with van der Waals surface area (Å²) in [5.41, 5.74) is 5.74. The zero-order valence-electron chi connectivity index (χ0n) is 13.9. The van der Waals surface area contributed by atoms with Crippen molar-refractivity contribution in [2.24, 2.45) is 11.7 Å². The van der Waals surface area contributed by atoms with Gasteiger partial charge in [-0.05, 0) is 30.5 Å². The average molecular weight is 364 g/mol. The Labute approximate surface area is 146 Å². The van der Waals surface area contributed by atoms with Crippen LogP contribution in [0.15, 0.2) is 18.2 Å². The van der Waals surface area contributed by atoms with Crippen molar-refractivity contribution in [2.75, 3.05) is 6.54 Å². The van der Waals surface area contributed by atoms with Gasteiger partial charge in [0.15, 0.2) is 0 Å². The summed E-state index contributed by atoms with van der Waals surface area (Å²) in [6, 6.07) is 1.71. The number of hydrogen-bond acceptors (Lipinski definition) is 3. The quantitative estimate of drug-likeness (QED) is 0.693. The Hall–Kier alpha value is -1.73. The number of nitrogens with two attached hydrogens (primary N) is 1. The summed E-state index contributed by atoms with van der Waals surface area (Å²) in [5, 5.41) is 5.00. The second-order valence-corrected chi connectivity index (χ2v) is 5.68. The molecule has 0 aromatic heterocycles. The highest BCUT2D eigenvalue weighted by atomic mass is 35.5. The van der Waals surface area contributed by atoms with Crippen molar-refractivity contribution in [2.45, 2.75) is 39.3 Å². The number of amides is 2. The lowest BCUT2D eigenvalue weighted by Crippen LogP contribution is -2.47. The van der Waals surface area contributed by atoms with Crippen molar-refractivity contribution < 1.29 is 18.4 Å². The largest absolute Gasteiger partial charge is 0.348 e. The highest BCUT2D eigenvalue weighted by Crippen LogP contribution is 2.21. The maximum atomic E-state index is 13.8. The third-order valence-corrected chi connectivity index (χ3v) is 3.52. The molecule has 2 amide bonds. The number of nitrogens with one attached hydrogen (secondary N) is 2. The van der Waals surface area contributed by atoms with Crippen LogP contribution in [-0.4, -0.2) is 24.4 Å². The van der Waals surface area contributed by atoms with Crippen molar-refractivity contribution in [3.63, 3.8) is 0 Å². The first-order chi connectivity index (χ1) is 10.8. The number of hydrogen-bond donors (Lipinski definition) is 3. The number of carbonyl (C=O) groups excluding carboxylic acids is 2. The van der Waals surface area contributed by atoms with Gasteiger partial charge < -0.3 is 16.4 Å². The lowest BCUT2D eigenvalue weighted by molar-refractivity contribution is -0.127. The van der Waals surface area contributed by atoms with Gasteiger partial charge in [-0.1, -0.05) is 20.8 Å². The number of halogens is 3. The molecule has 1 aromatic carbocycles. The highest BCUT2D eigenvalue weighted by Gasteiger charge is 2.20. The second-order valence-electron chi connectivity index (χ2n) is 5.68. The van der Waals surface area contributed by atoms with Crippen molar-refractivity contribution >= 4 is 24.2 Å². The van der Waals surface area contributed by atoms with Gasteiger partial charge in [0.05, 0.1) is 18.6 Å². The summed E-state index contributed by atoms with van der Waals surface area (Å²) in [6.45, 7) is 5.06. The van der Waals surface area contributed by atoms with Crippen molar-refractivity contribution in [3.05, 3.63) is 35.4 Å². The van der Waals surface area contributed by atoms with E-state index in [0.717, 1.165) is 18.2 Å². The fraction of sp³-hybridized carbons (Fsp3) is 0.500. The molecule has 0 heterocycles. The molecule has 1 aromatic rings. The predicted octanol–water partition coefficient (Wildman–Crippen LogP) is 2.05. The van der Waals surface area contributed by atoms with E-state index >= 15 is 0 Å². The van der Waals surface area contributed by atoms with Gasteiger partial charge in [-0.2, -0.15) is 0 Å².